The maximum atomic E-state index is 11.6. The van der Waals surface area contributed by atoms with Crippen LogP contribution in [0.4, 0.5) is 0 Å². The number of carbonyl (C=O) groups is 3. The Morgan fingerprint density at radius 3 is 1.87 bits per heavy atom. The largest absolute Gasteiger partial charge is 0.481 e. The van der Waals surface area contributed by atoms with Crippen molar-refractivity contribution < 1.29 is 29.3 Å². The molecule has 0 bridgehead atoms. The van der Waals surface area contributed by atoms with Crippen molar-refractivity contribution >= 4 is 17.8 Å². The molecule has 0 aliphatic heterocycles. The predicted octanol–water partition coefficient (Wildman–Crippen LogP) is 3.18. The molecule has 0 aromatic carbocycles. The average Bonchev–Trinajstić information content (AvgIpc) is 2.73. The number of nitrogens with one attached hydrogen (secondary N) is 1. The van der Waals surface area contributed by atoms with Crippen LogP contribution >= 0.6 is 0 Å². The predicted molar refractivity (Wildman–Crippen MR) is 125 cm³/mol. The van der Waals surface area contributed by atoms with Crippen molar-refractivity contribution in [3.05, 3.63) is 0 Å². The lowest BCUT2D eigenvalue weighted by Gasteiger charge is -2.21. The van der Waals surface area contributed by atoms with Crippen LogP contribution in [0.2, 0.25) is 0 Å². The SMILES string of the molecule is CCC(C)(C)C(=O)NCCCN(C)C.CCC(C)C(=O)O.CCC(C)C(=O)OCCO. The van der Waals surface area contributed by atoms with Gasteiger partial charge in [-0.2, -0.15) is 0 Å². The van der Waals surface area contributed by atoms with E-state index in [4.69, 9.17) is 10.2 Å². The number of aliphatic carboxylic acids is 1. The number of hydrogen-bond donors (Lipinski definition) is 3. The van der Waals surface area contributed by atoms with Crippen molar-refractivity contribution in [3.8, 4) is 0 Å². The summed E-state index contributed by atoms with van der Waals surface area (Å²) in [5.74, 6) is -0.996. The third-order valence-electron chi connectivity index (χ3n) is 4.95. The van der Waals surface area contributed by atoms with Gasteiger partial charge in [0.2, 0.25) is 5.91 Å². The summed E-state index contributed by atoms with van der Waals surface area (Å²) in [7, 11) is 4.08. The minimum Gasteiger partial charge on any atom is -0.481 e. The van der Waals surface area contributed by atoms with E-state index in [0.29, 0.717) is 0 Å². The van der Waals surface area contributed by atoms with Crippen LogP contribution in [-0.4, -0.2) is 73.4 Å². The molecule has 0 aliphatic rings. The van der Waals surface area contributed by atoms with E-state index in [-0.39, 0.29) is 42.3 Å². The molecule has 0 saturated heterocycles. The number of carboxylic acid groups (broad SMARTS) is 1. The fourth-order valence-corrected chi connectivity index (χ4v) is 1.63. The summed E-state index contributed by atoms with van der Waals surface area (Å²) in [6.45, 7) is 15.1. The van der Waals surface area contributed by atoms with Crippen molar-refractivity contribution in [2.45, 2.75) is 74.1 Å². The normalized spacial score (nSPS) is 12.5. The van der Waals surface area contributed by atoms with Gasteiger partial charge in [-0.15, -0.1) is 0 Å². The van der Waals surface area contributed by atoms with Gasteiger partial charge in [-0.05, 0) is 46.3 Å². The molecule has 3 N–H and O–H groups in total. The smallest absolute Gasteiger partial charge is 0.308 e. The van der Waals surface area contributed by atoms with Crippen molar-refractivity contribution in [2.24, 2.45) is 17.3 Å². The number of aliphatic hydroxyl groups is 1. The van der Waals surface area contributed by atoms with Gasteiger partial charge in [-0.3, -0.25) is 14.4 Å². The minimum atomic E-state index is -0.706. The number of ether oxygens (including phenoxy) is 1. The van der Waals surface area contributed by atoms with Crippen LogP contribution in [0.15, 0.2) is 0 Å². The molecule has 0 aromatic heterocycles. The zero-order valence-electron chi connectivity index (χ0n) is 21.3. The molecule has 31 heavy (non-hydrogen) atoms. The molecule has 0 spiro atoms. The van der Waals surface area contributed by atoms with Gasteiger partial charge in [0.15, 0.2) is 0 Å². The van der Waals surface area contributed by atoms with Crippen LogP contribution in [-0.2, 0) is 19.1 Å². The standard InChI is InChI=1S/C11H24N2O.C7H14O3.C5H10O2/c1-6-11(2,3)10(14)12-8-7-9-13(4)5;1-3-6(2)7(9)10-5-4-8;1-3-4(2)5(6)7/h6-9H2,1-5H3,(H,12,14);6,8H,3-5H2,1-2H3;4H,3H2,1-2H3,(H,6,7). The number of aliphatic hydroxyl groups excluding tert-OH is 1. The summed E-state index contributed by atoms with van der Waals surface area (Å²) in [5, 5.41) is 19.4. The fourth-order valence-electron chi connectivity index (χ4n) is 1.63. The first-order valence-electron chi connectivity index (χ1n) is 11.2. The average molecular weight is 449 g/mol. The monoisotopic (exact) mass is 448 g/mol. The van der Waals surface area contributed by atoms with Crippen LogP contribution in [0.25, 0.3) is 0 Å². The van der Waals surface area contributed by atoms with E-state index in [1.54, 1.807) is 13.8 Å². The highest BCUT2D eigenvalue weighted by Crippen LogP contribution is 2.19. The second-order valence-electron chi connectivity index (χ2n) is 8.50. The Morgan fingerprint density at radius 1 is 1.03 bits per heavy atom. The van der Waals surface area contributed by atoms with Crippen LogP contribution in [0.3, 0.4) is 0 Å². The lowest BCUT2D eigenvalue weighted by Crippen LogP contribution is -2.37. The molecule has 1 amide bonds. The van der Waals surface area contributed by atoms with E-state index in [2.05, 4.69) is 15.0 Å². The molecular formula is C23H48N2O6. The molecule has 0 aromatic rings. The molecule has 0 heterocycles. The lowest BCUT2D eigenvalue weighted by molar-refractivity contribution is -0.149. The summed E-state index contributed by atoms with van der Waals surface area (Å²) in [5.41, 5.74) is -0.224. The van der Waals surface area contributed by atoms with Crippen molar-refractivity contribution in [2.75, 3.05) is 40.4 Å². The van der Waals surface area contributed by atoms with Crippen LogP contribution < -0.4 is 5.32 Å². The first-order valence-corrected chi connectivity index (χ1v) is 11.2. The number of esters is 1. The Bertz CT molecular complexity index is 481. The molecule has 8 nitrogen and oxygen atoms in total. The summed E-state index contributed by atoms with van der Waals surface area (Å²) in [4.78, 5) is 34.5. The Morgan fingerprint density at radius 2 is 1.55 bits per heavy atom. The summed E-state index contributed by atoms with van der Waals surface area (Å²) < 4.78 is 4.65. The van der Waals surface area contributed by atoms with Gasteiger partial charge in [-0.1, -0.05) is 48.5 Å². The third kappa shape index (κ3) is 21.4. The van der Waals surface area contributed by atoms with E-state index in [1.165, 1.54) is 0 Å². The van der Waals surface area contributed by atoms with E-state index >= 15 is 0 Å². The Hall–Kier alpha value is -1.67. The van der Waals surface area contributed by atoms with Gasteiger partial charge >= 0.3 is 11.9 Å². The molecule has 186 valence electrons. The summed E-state index contributed by atoms with van der Waals surface area (Å²) in [6.07, 6.45) is 3.39. The van der Waals surface area contributed by atoms with Crippen LogP contribution in [0.1, 0.15) is 74.1 Å². The summed E-state index contributed by atoms with van der Waals surface area (Å²) >= 11 is 0. The molecule has 0 radical (unpaired) electrons. The first kappa shape index (κ1) is 34.0. The van der Waals surface area contributed by atoms with Crippen molar-refractivity contribution in [1.82, 2.24) is 10.2 Å². The maximum absolute atomic E-state index is 11.6. The molecule has 0 fully saturated rings. The second kappa shape index (κ2) is 20.2. The number of amides is 1. The number of carboxylic acids is 1. The molecule has 8 heteroatoms. The van der Waals surface area contributed by atoms with E-state index < -0.39 is 5.97 Å². The van der Waals surface area contributed by atoms with Crippen LogP contribution in [0.5, 0.6) is 0 Å². The molecular weight excluding hydrogens is 400 g/mol. The Kier molecular flexibility index (Phi) is 22.2. The lowest BCUT2D eigenvalue weighted by atomic mass is 9.89. The van der Waals surface area contributed by atoms with E-state index in [1.807, 2.05) is 48.7 Å². The highest BCUT2D eigenvalue weighted by molar-refractivity contribution is 5.81. The highest BCUT2D eigenvalue weighted by Gasteiger charge is 2.24. The third-order valence-corrected chi connectivity index (χ3v) is 4.95. The molecule has 2 atom stereocenters. The van der Waals surface area contributed by atoms with Crippen molar-refractivity contribution in [1.29, 1.82) is 0 Å². The number of rotatable bonds is 12. The zero-order chi connectivity index (χ0) is 25.0. The summed E-state index contributed by atoms with van der Waals surface area (Å²) in [6, 6.07) is 0. The zero-order valence-corrected chi connectivity index (χ0v) is 21.3. The number of carbonyl (C=O) groups excluding carboxylic acids is 2. The quantitative estimate of drug-likeness (QED) is 0.310. The number of hydrogen-bond acceptors (Lipinski definition) is 6. The fraction of sp³-hybridized carbons (Fsp3) is 0.870. The molecule has 0 saturated carbocycles. The minimum absolute atomic E-state index is 0.0495. The molecule has 0 aliphatic carbocycles. The van der Waals surface area contributed by atoms with Gasteiger partial charge in [-0.25, -0.2) is 0 Å². The highest BCUT2D eigenvalue weighted by atomic mass is 16.5. The van der Waals surface area contributed by atoms with E-state index in [9.17, 15) is 14.4 Å². The Labute approximate surface area is 189 Å². The van der Waals surface area contributed by atoms with Crippen LogP contribution in [0, 0.1) is 17.3 Å². The van der Waals surface area contributed by atoms with Gasteiger partial charge in [0.1, 0.15) is 6.61 Å². The van der Waals surface area contributed by atoms with E-state index in [0.717, 1.165) is 38.8 Å². The topological polar surface area (TPSA) is 116 Å². The maximum Gasteiger partial charge on any atom is 0.308 e. The second-order valence-corrected chi connectivity index (χ2v) is 8.50. The van der Waals surface area contributed by atoms with Gasteiger partial charge in [0.05, 0.1) is 18.4 Å². The first-order chi connectivity index (χ1) is 14.3. The number of nitrogens with zero attached hydrogens (tertiary/aromatic N) is 1. The van der Waals surface area contributed by atoms with Gasteiger partial charge in [0.25, 0.3) is 0 Å². The van der Waals surface area contributed by atoms with Crippen molar-refractivity contribution in [3.63, 3.8) is 0 Å². The molecule has 2 unspecified atom stereocenters. The molecule has 0 rings (SSSR count). The van der Waals surface area contributed by atoms with Gasteiger partial charge < -0.3 is 25.2 Å². The Balaban J connectivity index is -0.000000404. The van der Waals surface area contributed by atoms with Gasteiger partial charge in [0, 0.05) is 12.0 Å².